The predicted octanol–water partition coefficient (Wildman–Crippen LogP) is 1.73. The molecule has 0 bridgehead atoms. The van der Waals surface area contributed by atoms with Gasteiger partial charge in [0.1, 0.15) is 0 Å². The van der Waals surface area contributed by atoms with Gasteiger partial charge in [-0.3, -0.25) is 4.90 Å². The van der Waals surface area contributed by atoms with Crippen LogP contribution in [0.4, 0.5) is 0 Å². The summed E-state index contributed by atoms with van der Waals surface area (Å²) in [6.07, 6.45) is 2.92. The van der Waals surface area contributed by atoms with Gasteiger partial charge in [-0.25, -0.2) is 0 Å². The molecule has 0 aromatic heterocycles. The van der Waals surface area contributed by atoms with Gasteiger partial charge in [-0.1, -0.05) is 13.8 Å². The minimum Gasteiger partial charge on any atom is -0.380 e. The molecule has 1 N–H and O–H groups in total. The number of likely N-dealkylation sites (tertiary alicyclic amines) is 1. The summed E-state index contributed by atoms with van der Waals surface area (Å²) < 4.78 is 5.39. The third-order valence-corrected chi connectivity index (χ3v) is 3.47. The Morgan fingerprint density at radius 1 is 1.38 bits per heavy atom. The Morgan fingerprint density at radius 3 is 2.69 bits per heavy atom. The van der Waals surface area contributed by atoms with Crippen LogP contribution in [-0.4, -0.2) is 50.3 Å². The van der Waals surface area contributed by atoms with E-state index in [1.807, 2.05) is 7.11 Å². The zero-order valence-electron chi connectivity index (χ0n) is 11.3. The van der Waals surface area contributed by atoms with E-state index in [-0.39, 0.29) is 0 Å². The molecule has 2 unspecified atom stereocenters. The molecule has 3 heteroatoms. The fourth-order valence-corrected chi connectivity index (χ4v) is 2.18. The lowest BCUT2D eigenvalue weighted by atomic mass is 10.1. The van der Waals surface area contributed by atoms with Crippen LogP contribution in [-0.2, 0) is 4.74 Å². The van der Waals surface area contributed by atoms with E-state index in [0.29, 0.717) is 12.1 Å². The zero-order chi connectivity index (χ0) is 12.0. The summed E-state index contributed by atoms with van der Waals surface area (Å²) in [5.41, 5.74) is 0. The molecule has 0 saturated carbocycles. The quantitative estimate of drug-likeness (QED) is 0.672. The van der Waals surface area contributed by atoms with Crippen molar-refractivity contribution in [3.63, 3.8) is 0 Å². The zero-order valence-corrected chi connectivity index (χ0v) is 11.3. The lowest BCUT2D eigenvalue weighted by Gasteiger charge is -2.24. The first-order valence-corrected chi connectivity index (χ1v) is 6.61. The van der Waals surface area contributed by atoms with E-state index in [0.717, 1.165) is 25.6 Å². The van der Waals surface area contributed by atoms with Gasteiger partial charge >= 0.3 is 0 Å². The van der Waals surface area contributed by atoms with Crippen LogP contribution in [0.25, 0.3) is 0 Å². The Hall–Kier alpha value is -0.120. The summed E-state index contributed by atoms with van der Waals surface area (Å²) in [6, 6.07) is 0.632. The molecule has 0 spiro atoms. The van der Waals surface area contributed by atoms with Gasteiger partial charge < -0.3 is 10.1 Å². The van der Waals surface area contributed by atoms with Crippen molar-refractivity contribution in [3.05, 3.63) is 0 Å². The van der Waals surface area contributed by atoms with Crippen LogP contribution in [0, 0.1) is 5.92 Å². The van der Waals surface area contributed by atoms with E-state index in [2.05, 4.69) is 31.0 Å². The van der Waals surface area contributed by atoms with Crippen molar-refractivity contribution in [2.45, 2.75) is 45.8 Å². The molecular weight excluding hydrogens is 200 g/mol. The third-order valence-electron chi connectivity index (χ3n) is 3.47. The molecule has 1 aliphatic heterocycles. The molecule has 2 atom stereocenters. The predicted molar refractivity (Wildman–Crippen MR) is 68.8 cm³/mol. The van der Waals surface area contributed by atoms with Gasteiger partial charge in [-0.2, -0.15) is 0 Å². The molecule has 0 aromatic carbocycles. The molecule has 1 aliphatic rings. The average Bonchev–Trinajstić information content (AvgIpc) is 2.72. The van der Waals surface area contributed by atoms with Gasteiger partial charge in [0.15, 0.2) is 0 Å². The Balaban J connectivity index is 2.08. The van der Waals surface area contributed by atoms with Gasteiger partial charge in [-0.15, -0.1) is 0 Å². The fraction of sp³-hybridized carbons (Fsp3) is 1.00. The number of hydrogen-bond donors (Lipinski definition) is 1. The summed E-state index contributed by atoms with van der Waals surface area (Å²) in [7, 11) is 1.82. The van der Waals surface area contributed by atoms with Crippen molar-refractivity contribution >= 4 is 0 Å². The Labute approximate surface area is 101 Å². The van der Waals surface area contributed by atoms with Crippen LogP contribution in [0.15, 0.2) is 0 Å². The van der Waals surface area contributed by atoms with Crippen molar-refractivity contribution in [2.75, 3.05) is 33.3 Å². The lowest BCUT2D eigenvalue weighted by Crippen LogP contribution is -2.40. The normalized spacial score (nSPS) is 24.2. The van der Waals surface area contributed by atoms with Gasteiger partial charge in [0.25, 0.3) is 0 Å². The smallest absolute Gasteiger partial charge is 0.0710 e. The standard InChI is InChI=1S/C13H28N2O/c1-11(2)5-7-14-9-12(3)15-8-6-13(10-15)16-4/h11-14H,5-10H2,1-4H3. The lowest BCUT2D eigenvalue weighted by molar-refractivity contribution is 0.102. The summed E-state index contributed by atoms with van der Waals surface area (Å²) in [5.74, 6) is 0.799. The van der Waals surface area contributed by atoms with Crippen molar-refractivity contribution in [1.82, 2.24) is 10.2 Å². The second-order valence-electron chi connectivity index (χ2n) is 5.38. The maximum Gasteiger partial charge on any atom is 0.0710 e. The van der Waals surface area contributed by atoms with Crippen LogP contribution in [0.3, 0.4) is 0 Å². The highest BCUT2D eigenvalue weighted by Crippen LogP contribution is 2.14. The van der Waals surface area contributed by atoms with Crippen LogP contribution >= 0.6 is 0 Å². The molecule has 96 valence electrons. The maximum absolute atomic E-state index is 5.39. The molecule has 0 aromatic rings. The van der Waals surface area contributed by atoms with E-state index in [4.69, 9.17) is 4.74 Å². The molecule has 0 radical (unpaired) electrons. The summed E-state index contributed by atoms with van der Waals surface area (Å²) in [4.78, 5) is 2.52. The number of rotatable bonds is 7. The largest absolute Gasteiger partial charge is 0.380 e. The van der Waals surface area contributed by atoms with Crippen LogP contribution < -0.4 is 5.32 Å². The molecule has 1 heterocycles. The van der Waals surface area contributed by atoms with Crippen molar-refractivity contribution in [1.29, 1.82) is 0 Å². The van der Waals surface area contributed by atoms with Gasteiger partial charge in [0.2, 0.25) is 0 Å². The highest BCUT2D eigenvalue weighted by Gasteiger charge is 2.25. The molecule has 3 nitrogen and oxygen atoms in total. The average molecular weight is 228 g/mol. The van der Waals surface area contributed by atoms with Crippen LogP contribution in [0.1, 0.15) is 33.6 Å². The molecule has 0 amide bonds. The highest BCUT2D eigenvalue weighted by molar-refractivity contribution is 4.80. The monoisotopic (exact) mass is 228 g/mol. The number of hydrogen-bond acceptors (Lipinski definition) is 3. The molecule has 16 heavy (non-hydrogen) atoms. The van der Waals surface area contributed by atoms with Gasteiger partial charge in [-0.05, 0) is 32.2 Å². The summed E-state index contributed by atoms with van der Waals surface area (Å²) >= 11 is 0. The number of nitrogens with zero attached hydrogens (tertiary/aromatic N) is 1. The first-order chi connectivity index (χ1) is 7.63. The molecule has 1 rings (SSSR count). The van der Waals surface area contributed by atoms with Gasteiger partial charge in [0, 0.05) is 32.8 Å². The second-order valence-corrected chi connectivity index (χ2v) is 5.38. The number of nitrogens with one attached hydrogen (secondary N) is 1. The van der Waals surface area contributed by atoms with E-state index >= 15 is 0 Å². The first-order valence-electron chi connectivity index (χ1n) is 6.61. The number of methoxy groups -OCH3 is 1. The molecular formula is C13H28N2O. The van der Waals surface area contributed by atoms with E-state index in [1.54, 1.807) is 0 Å². The summed E-state index contributed by atoms with van der Waals surface area (Å²) in [5, 5.41) is 3.54. The third kappa shape index (κ3) is 4.81. The SMILES string of the molecule is COC1CCN(C(C)CNCCC(C)C)C1. The Bertz CT molecular complexity index is 185. The highest BCUT2D eigenvalue weighted by atomic mass is 16.5. The topological polar surface area (TPSA) is 24.5 Å². The fourth-order valence-electron chi connectivity index (χ4n) is 2.18. The van der Waals surface area contributed by atoms with E-state index < -0.39 is 0 Å². The Morgan fingerprint density at radius 2 is 2.12 bits per heavy atom. The second kappa shape index (κ2) is 7.25. The molecule has 1 fully saturated rings. The van der Waals surface area contributed by atoms with Crippen molar-refractivity contribution in [2.24, 2.45) is 5.92 Å². The van der Waals surface area contributed by atoms with Crippen molar-refractivity contribution in [3.8, 4) is 0 Å². The van der Waals surface area contributed by atoms with E-state index in [9.17, 15) is 0 Å². The van der Waals surface area contributed by atoms with Crippen LogP contribution in [0.5, 0.6) is 0 Å². The maximum atomic E-state index is 5.39. The van der Waals surface area contributed by atoms with Crippen molar-refractivity contribution < 1.29 is 4.74 Å². The van der Waals surface area contributed by atoms with Crippen LogP contribution in [0.2, 0.25) is 0 Å². The minimum absolute atomic E-state index is 0.457. The first kappa shape index (κ1) is 13.9. The van der Waals surface area contributed by atoms with Gasteiger partial charge in [0.05, 0.1) is 6.10 Å². The minimum atomic E-state index is 0.457. The molecule has 1 saturated heterocycles. The van der Waals surface area contributed by atoms with E-state index in [1.165, 1.54) is 19.4 Å². The molecule has 0 aliphatic carbocycles. The Kier molecular flexibility index (Phi) is 6.32. The summed E-state index contributed by atoms with van der Waals surface area (Å²) in [6.45, 7) is 11.4. The number of ether oxygens (including phenoxy) is 1.